The van der Waals surface area contributed by atoms with Gasteiger partial charge in [0.15, 0.2) is 0 Å². The zero-order chi connectivity index (χ0) is 22.8. The molecule has 172 valence electrons. The van der Waals surface area contributed by atoms with Gasteiger partial charge in [-0.05, 0) is 92.4 Å². The Hall–Kier alpha value is -2.17. The van der Waals surface area contributed by atoms with E-state index in [4.69, 9.17) is 0 Å². The fourth-order valence-electron chi connectivity index (χ4n) is 8.11. The molecule has 1 aliphatic heterocycles. The predicted molar refractivity (Wildman–Crippen MR) is 123 cm³/mol. The van der Waals surface area contributed by atoms with Crippen molar-refractivity contribution in [3.63, 3.8) is 0 Å². The maximum atomic E-state index is 14.4. The first-order valence-electron chi connectivity index (χ1n) is 12.2. The molecule has 0 bridgehead atoms. The molecule has 1 N–H and O–H groups in total. The van der Waals surface area contributed by atoms with Gasteiger partial charge in [-0.25, -0.2) is 4.39 Å². The number of aryl methyl sites for hydroxylation is 1. The summed E-state index contributed by atoms with van der Waals surface area (Å²) >= 11 is 0. The first-order valence-corrected chi connectivity index (χ1v) is 12.2. The van der Waals surface area contributed by atoms with Gasteiger partial charge in [-0.3, -0.25) is 9.59 Å². The van der Waals surface area contributed by atoms with Crippen LogP contribution >= 0.6 is 0 Å². The van der Waals surface area contributed by atoms with Crippen molar-refractivity contribution in [3.05, 3.63) is 41.7 Å². The lowest BCUT2D eigenvalue weighted by Crippen LogP contribution is -2.59. The molecule has 1 aromatic rings. The number of likely N-dealkylation sites (N-methyl/N-ethyl adjacent to an activating group) is 1. The Morgan fingerprint density at radius 3 is 2.66 bits per heavy atom. The Balaban J connectivity index is 1.38. The predicted octanol–water partition coefficient (Wildman–Crippen LogP) is 5.33. The molecule has 0 saturated heterocycles. The van der Waals surface area contributed by atoms with Crippen molar-refractivity contribution in [2.24, 2.45) is 34.5 Å². The van der Waals surface area contributed by atoms with Gasteiger partial charge in [0.2, 0.25) is 11.8 Å². The van der Waals surface area contributed by atoms with Crippen LogP contribution < -0.4 is 5.32 Å². The van der Waals surface area contributed by atoms with Gasteiger partial charge in [-0.15, -0.1) is 0 Å². The van der Waals surface area contributed by atoms with E-state index in [2.05, 4.69) is 25.2 Å². The molecule has 1 aromatic carbocycles. The SMILES string of the molecule is Cc1ccc(NC(=O)[C@H]2CC[C@H]3[C@@H]4CC[C@H]5N(C)C(=O)C=C[C@]5(C)[C@H]4CC[C@]23C)c(F)c1. The molecule has 4 nitrogen and oxygen atoms in total. The van der Waals surface area contributed by atoms with Crippen molar-refractivity contribution < 1.29 is 14.0 Å². The van der Waals surface area contributed by atoms with Gasteiger partial charge in [0.25, 0.3) is 0 Å². The standard InChI is InChI=1S/C27H35FN2O2/c1-16-5-9-22(21(28)15-16)29-25(32)20-8-7-18-17-6-10-23-27(3,14-12-24(31)30(23)4)19(17)11-13-26(18,20)2/h5,9,12,14-15,17-20,23H,6-8,10-11,13H2,1-4H3,(H,29,32)/t17-,18-,19-,20+,23+,26-,27+/m0/s1. The van der Waals surface area contributed by atoms with Crippen LogP contribution in [-0.2, 0) is 9.59 Å². The first kappa shape index (κ1) is 21.7. The Morgan fingerprint density at radius 2 is 1.91 bits per heavy atom. The molecule has 3 fully saturated rings. The van der Waals surface area contributed by atoms with Gasteiger partial charge in [-0.2, -0.15) is 0 Å². The summed E-state index contributed by atoms with van der Waals surface area (Å²) in [5.41, 5.74) is 1.10. The lowest BCUT2D eigenvalue weighted by atomic mass is 9.47. The van der Waals surface area contributed by atoms with Crippen LogP contribution in [0.5, 0.6) is 0 Å². The molecule has 0 unspecified atom stereocenters. The van der Waals surface area contributed by atoms with Gasteiger partial charge in [-0.1, -0.05) is 26.0 Å². The number of halogens is 1. The maximum absolute atomic E-state index is 14.4. The van der Waals surface area contributed by atoms with E-state index in [1.54, 1.807) is 12.1 Å². The molecule has 2 amide bonds. The zero-order valence-corrected chi connectivity index (χ0v) is 19.7. The molecule has 3 aliphatic carbocycles. The molecule has 0 radical (unpaired) electrons. The number of hydrogen-bond donors (Lipinski definition) is 1. The number of benzene rings is 1. The van der Waals surface area contributed by atoms with Crippen molar-refractivity contribution >= 4 is 17.5 Å². The second-order valence-electron chi connectivity index (χ2n) is 11.3. The minimum Gasteiger partial charge on any atom is -0.338 e. The molecule has 5 rings (SSSR count). The molecule has 3 saturated carbocycles. The fraction of sp³-hybridized carbons (Fsp3) is 0.630. The average Bonchev–Trinajstić information content (AvgIpc) is 3.10. The highest BCUT2D eigenvalue weighted by molar-refractivity contribution is 5.93. The van der Waals surface area contributed by atoms with E-state index >= 15 is 0 Å². The van der Waals surface area contributed by atoms with E-state index in [1.807, 2.05) is 24.9 Å². The molecule has 0 spiro atoms. The van der Waals surface area contributed by atoms with E-state index in [0.29, 0.717) is 17.8 Å². The van der Waals surface area contributed by atoms with Crippen molar-refractivity contribution in [1.29, 1.82) is 0 Å². The Bertz CT molecular complexity index is 990. The summed E-state index contributed by atoms with van der Waals surface area (Å²) in [6.45, 7) is 6.49. The molecular weight excluding hydrogens is 403 g/mol. The highest BCUT2D eigenvalue weighted by Gasteiger charge is 2.61. The van der Waals surface area contributed by atoms with Gasteiger partial charge in [0.05, 0.1) is 5.69 Å². The zero-order valence-electron chi connectivity index (χ0n) is 19.7. The Kier molecular flexibility index (Phi) is 5.03. The summed E-state index contributed by atoms with van der Waals surface area (Å²) in [6.07, 6.45) is 10.1. The number of carbonyl (C=O) groups excluding carboxylic acids is 2. The van der Waals surface area contributed by atoms with Gasteiger partial charge in [0.1, 0.15) is 5.82 Å². The summed E-state index contributed by atoms with van der Waals surface area (Å²) in [4.78, 5) is 27.5. The van der Waals surface area contributed by atoms with Crippen LogP contribution in [0.15, 0.2) is 30.4 Å². The fourth-order valence-corrected chi connectivity index (χ4v) is 8.11. The molecule has 0 aromatic heterocycles. The van der Waals surface area contributed by atoms with E-state index in [0.717, 1.165) is 44.1 Å². The number of hydrogen-bond acceptors (Lipinski definition) is 2. The molecule has 5 heteroatoms. The summed E-state index contributed by atoms with van der Waals surface area (Å²) in [7, 11) is 1.95. The second kappa shape index (κ2) is 7.43. The van der Waals surface area contributed by atoms with Crippen molar-refractivity contribution in [3.8, 4) is 0 Å². The van der Waals surface area contributed by atoms with Crippen molar-refractivity contribution in [1.82, 2.24) is 4.90 Å². The topological polar surface area (TPSA) is 49.4 Å². The number of nitrogens with zero attached hydrogens (tertiary/aromatic N) is 1. The normalized spacial score (nSPS) is 40.5. The summed E-state index contributed by atoms with van der Waals surface area (Å²) in [6, 6.07) is 5.25. The third kappa shape index (κ3) is 3.07. The van der Waals surface area contributed by atoms with Crippen LogP contribution in [0.25, 0.3) is 0 Å². The Morgan fingerprint density at radius 1 is 1.12 bits per heavy atom. The molecule has 32 heavy (non-hydrogen) atoms. The molecule has 1 heterocycles. The number of carbonyl (C=O) groups is 2. The summed E-state index contributed by atoms with van der Waals surface area (Å²) in [5.74, 6) is 1.28. The van der Waals surface area contributed by atoms with Gasteiger partial charge < -0.3 is 10.2 Å². The molecular formula is C27H35FN2O2. The maximum Gasteiger partial charge on any atom is 0.246 e. The molecule has 7 atom stereocenters. The minimum atomic E-state index is -0.365. The summed E-state index contributed by atoms with van der Waals surface area (Å²) < 4.78 is 14.4. The van der Waals surface area contributed by atoms with Crippen molar-refractivity contribution in [2.75, 3.05) is 12.4 Å². The number of amides is 2. The van der Waals surface area contributed by atoms with Crippen LogP contribution in [0.4, 0.5) is 10.1 Å². The van der Waals surface area contributed by atoms with Crippen LogP contribution in [0.2, 0.25) is 0 Å². The minimum absolute atomic E-state index is 0.0122. The average molecular weight is 439 g/mol. The number of rotatable bonds is 2. The Labute approximate surface area is 190 Å². The molecule has 4 aliphatic rings. The van der Waals surface area contributed by atoms with Gasteiger partial charge in [0, 0.05) is 24.4 Å². The summed E-state index contributed by atoms with van der Waals surface area (Å²) in [5, 5.41) is 2.90. The van der Waals surface area contributed by atoms with Crippen LogP contribution in [0.3, 0.4) is 0 Å². The van der Waals surface area contributed by atoms with Crippen LogP contribution in [0.1, 0.15) is 57.9 Å². The lowest BCUT2D eigenvalue weighted by Gasteiger charge is -2.60. The highest BCUT2D eigenvalue weighted by Crippen LogP contribution is 2.65. The van der Waals surface area contributed by atoms with E-state index in [1.165, 1.54) is 6.07 Å². The number of nitrogens with one attached hydrogen (secondary N) is 1. The first-order chi connectivity index (χ1) is 15.1. The van der Waals surface area contributed by atoms with Crippen LogP contribution in [-0.4, -0.2) is 29.8 Å². The largest absolute Gasteiger partial charge is 0.338 e. The lowest BCUT2D eigenvalue weighted by molar-refractivity contribution is -0.141. The third-order valence-electron chi connectivity index (χ3n) is 9.83. The highest BCUT2D eigenvalue weighted by atomic mass is 19.1. The third-order valence-corrected chi connectivity index (χ3v) is 9.83. The monoisotopic (exact) mass is 438 g/mol. The van der Waals surface area contributed by atoms with Gasteiger partial charge >= 0.3 is 0 Å². The smallest absolute Gasteiger partial charge is 0.246 e. The van der Waals surface area contributed by atoms with Crippen LogP contribution in [0, 0.1) is 47.2 Å². The van der Waals surface area contributed by atoms with E-state index < -0.39 is 0 Å². The number of fused-ring (bicyclic) bond motifs is 5. The van der Waals surface area contributed by atoms with Crippen molar-refractivity contribution in [2.45, 2.75) is 65.3 Å². The van der Waals surface area contributed by atoms with E-state index in [9.17, 15) is 14.0 Å². The number of anilines is 1. The quantitative estimate of drug-likeness (QED) is 0.679. The second-order valence-corrected chi connectivity index (χ2v) is 11.3. The van der Waals surface area contributed by atoms with E-state index in [-0.39, 0.29) is 46.1 Å².